The van der Waals surface area contributed by atoms with E-state index in [1.807, 2.05) is 41.5 Å². The van der Waals surface area contributed by atoms with Crippen molar-refractivity contribution in [1.29, 1.82) is 0 Å². The van der Waals surface area contributed by atoms with Crippen molar-refractivity contribution < 1.29 is 48.7 Å². The topological polar surface area (TPSA) is 152 Å². The number of hydrogen-bond acceptors (Lipinski definition) is 9. The third-order valence-electron chi connectivity index (χ3n) is 10.2. The molecule has 228 valence electrons. The lowest BCUT2D eigenvalue weighted by Gasteiger charge is -2.56. The lowest BCUT2D eigenvalue weighted by Crippen LogP contribution is -2.72. The predicted octanol–water partition coefficient (Wildman–Crippen LogP) is 4.21. The standard InChI is InChI=1S/C33H36O10/c1-14(28(38)39)8-11-32-26(37)15-12-17-22(35)19-21(34)16-9-10-29(2,3)40-24(16)20(23(36)27-31(6,7)42-27)25(19)41-33(17,32)18(13-15)30(4,5)43-32/h8-10,12,15,18,23,27,34,36H,11,13H2,1-7H3,(H,38,39)/b14-8-/t15-,18+,23?,27?,32+,33-/m1/s1. The first-order chi connectivity index (χ1) is 19.9. The van der Waals surface area contributed by atoms with Gasteiger partial charge in [0.1, 0.15) is 40.6 Å². The SMILES string of the molecule is C/C(=C/C[C@@]12OC(C)(C)[C@@H]3C[C@@H](C=C4C(=O)c5c(O)c6c(c(C(O)C7OC7(C)C)c5O[C@]431)OC(C)(C)C=C6)C2=O)C(=O)O. The summed E-state index contributed by atoms with van der Waals surface area (Å²) >= 11 is 0. The van der Waals surface area contributed by atoms with E-state index in [-0.39, 0.29) is 57.3 Å². The molecular weight excluding hydrogens is 556 g/mol. The lowest BCUT2D eigenvalue weighted by atomic mass is 9.51. The molecule has 4 aliphatic heterocycles. The van der Waals surface area contributed by atoms with Gasteiger partial charge < -0.3 is 34.3 Å². The highest BCUT2D eigenvalue weighted by Crippen LogP contribution is 2.69. The molecule has 3 fully saturated rings. The van der Waals surface area contributed by atoms with Crippen LogP contribution >= 0.6 is 0 Å². The van der Waals surface area contributed by atoms with Crippen LogP contribution in [0.3, 0.4) is 0 Å². The van der Waals surface area contributed by atoms with Crippen LogP contribution in [0, 0.1) is 11.8 Å². The summed E-state index contributed by atoms with van der Waals surface area (Å²) < 4.78 is 25.8. The van der Waals surface area contributed by atoms with Crippen molar-refractivity contribution in [3.05, 3.63) is 46.1 Å². The van der Waals surface area contributed by atoms with Crippen molar-refractivity contribution in [3.8, 4) is 17.2 Å². The fraction of sp³-hybridized carbons (Fsp3) is 0.545. The van der Waals surface area contributed by atoms with Gasteiger partial charge in [0.05, 0.1) is 22.3 Å². The summed E-state index contributed by atoms with van der Waals surface area (Å²) in [5.74, 6) is -3.35. The molecule has 0 radical (unpaired) electrons. The Balaban J connectivity index is 1.52. The Morgan fingerprint density at radius 2 is 1.77 bits per heavy atom. The zero-order valence-electron chi connectivity index (χ0n) is 25.2. The number of phenolic OH excluding ortho intramolecular Hbond substituents is 1. The zero-order chi connectivity index (χ0) is 31.2. The highest BCUT2D eigenvalue weighted by molar-refractivity contribution is 6.19. The highest BCUT2D eigenvalue weighted by Gasteiger charge is 2.81. The second kappa shape index (κ2) is 8.16. The molecule has 10 heteroatoms. The molecule has 3 N–H and O–H groups in total. The summed E-state index contributed by atoms with van der Waals surface area (Å²) in [4.78, 5) is 40.6. The summed E-state index contributed by atoms with van der Waals surface area (Å²) in [5.41, 5.74) is -5.28. The minimum atomic E-state index is -1.72. The van der Waals surface area contributed by atoms with E-state index < -0.39 is 63.8 Å². The molecular formula is C33H36O10. The van der Waals surface area contributed by atoms with E-state index in [4.69, 9.17) is 18.9 Å². The number of Topliss-reactive ketones (excluding diaryl/α,β-unsaturated/α-hetero) is 2. The normalized spacial score (nSPS) is 35.7. The van der Waals surface area contributed by atoms with Crippen LogP contribution in [0.5, 0.6) is 17.2 Å². The van der Waals surface area contributed by atoms with E-state index in [0.717, 1.165) is 0 Å². The maximum absolute atomic E-state index is 14.6. The first kappa shape index (κ1) is 28.3. The number of ether oxygens (including phenoxy) is 4. The van der Waals surface area contributed by atoms with Crippen LogP contribution in [0.2, 0.25) is 0 Å². The first-order valence-corrected chi connectivity index (χ1v) is 14.7. The minimum absolute atomic E-state index is 0.0244. The molecule has 6 atom stereocenters. The van der Waals surface area contributed by atoms with Crippen LogP contribution in [0.15, 0.2) is 29.4 Å². The van der Waals surface area contributed by atoms with Gasteiger partial charge >= 0.3 is 5.97 Å². The largest absolute Gasteiger partial charge is 0.506 e. The van der Waals surface area contributed by atoms with Crippen LogP contribution in [-0.2, 0) is 19.1 Å². The summed E-state index contributed by atoms with van der Waals surface area (Å²) in [6.07, 6.45) is 4.75. The van der Waals surface area contributed by atoms with E-state index in [1.165, 1.54) is 13.0 Å². The molecule has 1 spiro atoms. The summed E-state index contributed by atoms with van der Waals surface area (Å²) in [5, 5.41) is 33.0. The molecule has 2 saturated heterocycles. The quantitative estimate of drug-likeness (QED) is 0.335. The van der Waals surface area contributed by atoms with Gasteiger partial charge in [0.25, 0.3) is 0 Å². The number of ketones is 2. The number of phenols is 1. The number of epoxide rings is 1. The van der Waals surface area contributed by atoms with Gasteiger partial charge in [0.2, 0.25) is 0 Å². The minimum Gasteiger partial charge on any atom is -0.506 e. The second-order valence-electron chi connectivity index (χ2n) is 14.3. The number of hydrogen-bond donors (Lipinski definition) is 3. The van der Waals surface area contributed by atoms with E-state index in [1.54, 1.807) is 18.2 Å². The van der Waals surface area contributed by atoms with Crippen molar-refractivity contribution in [2.24, 2.45) is 11.8 Å². The fourth-order valence-corrected chi connectivity index (χ4v) is 8.06. The van der Waals surface area contributed by atoms with Crippen molar-refractivity contribution in [2.45, 2.75) is 102 Å². The van der Waals surface area contributed by atoms with Crippen LogP contribution in [0.25, 0.3) is 6.08 Å². The molecule has 10 nitrogen and oxygen atoms in total. The van der Waals surface area contributed by atoms with Gasteiger partial charge in [-0.1, -0.05) is 12.2 Å². The number of fused-ring (bicyclic) bond motifs is 2. The summed E-state index contributed by atoms with van der Waals surface area (Å²) in [7, 11) is 0. The number of carboxylic acid groups (broad SMARTS) is 1. The third-order valence-corrected chi connectivity index (χ3v) is 10.2. The van der Waals surface area contributed by atoms with E-state index in [9.17, 15) is 29.7 Å². The monoisotopic (exact) mass is 592 g/mol. The Labute approximate surface area is 249 Å². The van der Waals surface area contributed by atoms with Gasteiger partial charge in [0, 0.05) is 29.4 Å². The Bertz CT molecular complexity index is 1640. The second-order valence-corrected chi connectivity index (χ2v) is 14.3. The summed E-state index contributed by atoms with van der Waals surface area (Å²) in [6.45, 7) is 12.4. The summed E-state index contributed by atoms with van der Waals surface area (Å²) in [6, 6.07) is 0. The van der Waals surface area contributed by atoms with Gasteiger partial charge in [-0.15, -0.1) is 0 Å². The molecule has 1 aromatic rings. The molecule has 0 amide bonds. The fourth-order valence-electron chi connectivity index (χ4n) is 8.06. The van der Waals surface area contributed by atoms with Gasteiger partial charge in [-0.3, -0.25) is 9.59 Å². The molecule has 4 heterocycles. The first-order valence-electron chi connectivity index (χ1n) is 14.7. The molecule has 3 aliphatic carbocycles. The van der Waals surface area contributed by atoms with Gasteiger partial charge in [-0.05, 0) is 67.0 Å². The molecule has 1 saturated carbocycles. The number of carboxylic acids is 1. The van der Waals surface area contributed by atoms with Gasteiger partial charge in [-0.2, -0.15) is 0 Å². The highest BCUT2D eigenvalue weighted by atomic mass is 16.6. The van der Waals surface area contributed by atoms with Crippen molar-refractivity contribution >= 4 is 23.6 Å². The van der Waals surface area contributed by atoms with Crippen LogP contribution in [0.1, 0.15) is 88.9 Å². The molecule has 2 unspecified atom stereocenters. The molecule has 8 rings (SSSR count). The van der Waals surface area contributed by atoms with E-state index >= 15 is 0 Å². The Hall–Kier alpha value is -3.47. The number of aliphatic hydroxyl groups is 1. The number of rotatable bonds is 5. The Morgan fingerprint density at radius 1 is 1.09 bits per heavy atom. The zero-order valence-corrected chi connectivity index (χ0v) is 25.2. The number of allylic oxidation sites excluding steroid dienone is 1. The van der Waals surface area contributed by atoms with Crippen molar-refractivity contribution in [1.82, 2.24) is 0 Å². The smallest absolute Gasteiger partial charge is 0.330 e. The number of benzene rings is 1. The van der Waals surface area contributed by atoms with Crippen molar-refractivity contribution in [2.75, 3.05) is 0 Å². The number of aromatic hydroxyl groups is 1. The average molecular weight is 593 g/mol. The Kier molecular flexibility index (Phi) is 5.38. The van der Waals surface area contributed by atoms with E-state index in [0.29, 0.717) is 6.42 Å². The van der Waals surface area contributed by atoms with Crippen molar-refractivity contribution in [3.63, 3.8) is 0 Å². The van der Waals surface area contributed by atoms with Crippen LogP contribution < -0.4 is 9.47 Å². The third kappa shape index (κ3) is 3.42. The van der Waals surface area contributed by atoms with E-state index in [2.05, 4.69) is 0 Å². The molecule has 43 heavy (non-hydrogen) atoms. The maximum atomic E-state index is 14.6. The van der Waals surface area contributed by atoms with Gasteiger partial charge in [0.15, 0.2) is 22.8 Å². The number of carbonyl (C=O) groups excluding carboxylic acids is 2. The number of aliphatic carboxylic acids is 1. The molecule has 1 aromatic carbocycles. The van der Waals surface area contributed by atoms with Crippen LogP contribution in [0.4, 0.5) is 0 Å². The van der Waals surface area contributed by atoms with Gasteiger partial charge in [-0.25, -0.2) is 4.79 Å². The molecule has 4 bridgehead atoms. The lowest BCUT2D eigenvalue weighted by molar-refractivity contribution is -0.171. The maximum Gasteiger partial charge on any atom is 0.330 e. The van der Waals surface area contributed by atoms with Crippen LogP contribution in [-0.4, -0.2) is 67.0 Å². The average Bonchev–Trinajstić information content (AvgIpc) is 3.51. The molecule has 7 aliphatic rings. The molecule has 0 aromatic heterocycles. The predicted molar refractivity (Wildman–Crippen MR) is 152 cm³/mol. The number of aliphatic hydroxyl groups excluding tert-OH is 1. The number of carbonyl (C=O) groups is 3. The Morgan fingerprint density at radius 3 is 2.40 bits per heavy atom.